The first-order valence-electron chi connectivity index (χ1n) is 7.37. The number of pyridine rings is 2. The fourth-order valence-corrected chi connectivity index (χ4v) is 3.95. The molecule has 1 aromatic carbocycles. The monoisotopic (exact) mass is 343 g/mol. The summed E-state index contributed by atoms with van der Waals surface area (Å²) < 4.78 is 33.6. The smallest absolute Gasteiger partial charge is 0.241 e. The number of aromatic nitrogens is 2. The van der Waals surface area contributed by atoms with Gasteiger partial charge in [-0.25, -0.2) is 13.1 Å². The standard InChI is InChI=1S/C17H17N3O3S/c1-12(13-5-3-9-18-11-13)20-24(21,22)16-8-7-15(23-2)17-14(16)6-4-10-19-17/h3-12,20H,1-2H3. The molecule has 6 nitrogen and oxygen atoms in total. The summed E-state index contributed by atoms with van der Waals surface area (Å²) in [5.41, 5.74) is 1.30. The van der Waals surface area contributed by atoms with Gasteiger partial charge in [0.15, 0.2) is 0 Å². The van der Waals surface area contributed by atoms with Crippen LogP contribution in [-0.2, 0) is 10.0 Å². The van der Waals surface area contributed by atoms with Gasteiger partial charge in [0, 0.05) is 30.0 Å². The van der Waals surface area contributed by atoms with Crippen LogP contribution in [0.4, 0.5) is 0 Å². The predicted octanol–water partition coefficient (Wildman–Crippen LogP) is 2.68. The lowest BCUT2D eigenvalue weighted by atomic mass is 10.2. The van der Waals surface area contributed by atoms with E-state index < -0.39 is 16.1 Å². The minimum absolute atomic E-state index is 0.169. The lowest BCUT2D eigenvalue weighted by Gasteiger charge is -2.16. The topological polar surface area (TPSA) is 81.2 Å². The van der Waals surface area contributed by atoms with Crippen molar-refractivity contribution in [1.82, 2.24) is 14.7 Å². The number of nitrogens with one attached hydrogen (secondary N) is 1. The van der Waals surface area contributed by atoms with E-state index in [1.807, 2.05) is 6.07 Å². The van der Waals surface area contributed by atoms with Gasteiger partial charge in [0.05, 0.1) is 12.0 Å². The fraction of sp³-hybridized carbons (Fsp3) is 0.176. The molecule has 0 fully saturated rings. The average Bonchev–Trinajstić information content (AvgIpc) is 2.61. The normalized spacial score (nSPS) is 12.9. The van der Waals surface area contributed by atoms with Crippen LogP contribution >= 0.6 is 0 Å². The molecule has 0 aliphatic carbocycles. The van der Waals surface area contributed by atoms with Gasteiger partial charge in [0.2, 0.25) is 10.0 Å². The van der Waals surface area contributed by atoms with Gasteiger partial charge >= 0.3 is 0 Å². The van der Waals surface area contributed by atoms with Crippen molar-refractivity contribution in [1.29, 1.82) is 0 Å². The van der Waals surface area contributed by atoms with Crippen molar-refractivity contribution in [2.75, 3.05) is 7.11 Å². The summed E-state index contributed by atoms with van der Waals surface area (Å²) in [6, 6.07) is 9.75. The Morgan fingerprint density at radius 1 is 1.12 bits per heavy atom. The van der Waals surface area contributed by atoms with E-state index in [1.165, 1.54) is 13.2 Å². The molecule has 1 N–H and O–H groups in total. The molecule has 0 bridgehead atoms. The van der Waals surface area contributed by atoms with E-state index in [1.54, 1.807) is 49.8 Å². The highest BCUT2D eigenvalue weighted by Gasteiger charge is 2.22. The van der Waals surface area contributed by atoms with E-state index in [2.05, 4.69) is 14.7 Å². The second-order valence-electron chi connectivity index (χ2n) is 5.29. The van der Waals surface area contributed by atoms with Gasteiger partial charge in [-0.3, -0.25) is 9.97 Å². The molecule has 3 rings (SSSR count). The van der Waals surface area contributed by atoms with Crippen molar-refractivity contribution in [3.05, 3.63) is 60.6 Å². The highest BCUT2D eigenvalue weighted by Crippen LogP contribution is 2.29. The van der Waals surface area contributed by atoms with Gasteiger partial charge in [-0.05, 0) is 42.8 Å². The lowest BCUT2D eigenvalue weighted by molar-refractivity contribution is 0.418. The Balaban J connectivity index is 2.03. The number of rotatable bonds is 5. The molecular weight excluding hydrogens is 326 g/mol. The number of fused-ring (bicyclic) bond motifs is 1. The lowest BCUT2D eigenvalue weighted by Crippen LogP contribution is -2.27. The summed E-state index contributed by atoms with van der Waals surface area (Å²) in [7, 11) is -2.20. The first kappa shape index (κ1) is 16.4. The van der Waals surface area contributed by atoms with E-state index in [0.717, 1.165) is 5.56 Å². The maximum Gasteiger partial charge on any atom is 0.241 e. The molecular formula is C17H17N3O3S. The van der Waals surface area contributed by atoms with E-state index in [-0.39, 0.29) is 4.90 Å². The molecule has 3 aromatic rings. The molecule has 0 aliphatic rings. The Hall–Kier alpha value is -2.51. The third-order valence-electron chi connectivity index (χ3n) is 3.72. The van der Waals surface area contributed by atoms with Gasteiger partial charge < -0.3 is 4.74 Å². The minimum Gasteiger partial charge on any atom is -0.494 e. The third kappa shape index (κ3) is 3.08. The maximum absolute atomic E-state index is 12.8. The van der Waals surface area contributed by atoms with Crippen LogP contribution in [0.3, 0.4) is 0 Å². The third-order valence-corrected chi connectivity index (χ3v) is 5.32. The van der Waals surface area contributed by atoms with Crippen LogP contribution in [0.25, 0.3) is 10.9 Å². The zero-order chi connectivity index (χ0) is 17.2. The summed E-state index contributed by atoms with van der Waals surface area (Å²) in [5.74, 6) is 0.532. The molecule has 1 unspecified atom stereocenters. The van der Waals surface area contributed by atoms with Crippen LogP contribution in [0.1, 0.15) is 18.5 Å². The highest BCUT2D eigenvalue weighted by atomic mass is 32.2. The number of sulfonamides is 1. The predicted molar refractivity (Wildman–Crippen MR) is 91.3 cm³/mol. The number of nitrogens with zero attached hydrogens (tertiary/aromatic N) is 2. The number of hydrogen-bond acceptors (Lipinski definition) is 5. The van der Waals surface area contributed by atoms with Crippen molar-refractivity contribution >= 4 is 20.9 Å². The molecule has 0 aliphatic heterocycles. The van der Waals surface area contributed by atoms with Crippen molar-refractivity contribution in [3.63, 3.8) is 0 Å². The fourth-order valence-electron chi connectivity index (χ4n) is 2.52. The molecule has 0 amide bonds. The number of methoxy groups -OCH3 is 1. The number of ether oxygens (including phenoxy) is 1. The van der Waals surface area contributed by atoms with Crippen molar-refractivity contribution < 1.29 is 13.2 Å². The van der Waals surface area contributed by atoms with Crippen molar-refractivity contribution in [2.45, 2.75) is 17.9 Å². The molecule has 2 aromatic heterocycles. The Morgan fingerprint density at radius 2 is 1.92 bits per heavy atom. The Morgan fingerprint density at radius 3 is 2.62 bits per heavy atom. The zero-order valence-corrected chi connectivity index (χ0v) is 14.1. The molecule has 7 heteroatoms. The van der Waals surface area contributed by atoms with E-state index in [0.29, 0.717) is 16.7 Å². The average molecular weight is 343 g/mol. The molecule has 0 spiro atoms. The summed E-state index contributed by atoms with van der Waals surface area (Å²) >= 11 is 0. The van der Waals surface area contributed by atoms with Gasteiger partial charge in [0.1, 0.15) is 11.3 Å². The maximum atomic E-state index is 12.8. The first-order valence-corrected chi connectivity index (χ1v) is 8.85. The van der Waals surface area contributed by atoms with Gasteiger partial charge in [0.25, 0.3) is 0 Å². The second-order valence-corrected chi connectivity index (χ2v) is 6.98. The first-order chi connectivity index (χ1) is 11.5. The van der Waals surface area contributed by atoms with Crippen LogP contribution in [-0.4, -0.2) is 25.5 Å². The van der Waals surface area contributed by atoms with Crippen LogP contribution in [0, 0.1) is 0 Å². The van der Waals surface area contributed by atoms with Crippen LogP contribution < -0.4 is 9.46 Å². The van der Waals surface area contributed by atoms with E-state index in [9.17, 15) is 8.42 Å². The summed E-state index contributed by atoms with van der Waals surface area (Å²) in [6.45, 7) is 1.78. The van der Waals surface area contributed by atoms with Crippen molar-refractivity contribution in [2.24, 2.45) is 0 Å². The van der Waals surface area contributed by atoms with Crippen LogP contribution in [0.5, 0.6) is 5.75 Å². The second kappa shape index (κ2) is 6.54. The molecule has 2 heterocycles. The van der Waals surface area contributed by atoms with Crippen LogP contribution in [0.15, 0.2) is 59.9 Å². The van der Waals surface area contributed by atoms with Crippen LogP contribution in [0.2, 0.25) is 0 Å². The molecule has 1 atom stereocenters. The van der Waals surface area contributed by atoms with Gasteiger partial charge in [-0.2, -0.15) is 0 Å². The SMILES string of the molecule is COc1ccc(S(=O)(=O)NC(C)c2cccnc2)c2cccnc12. The summed E-state index contributed by atoms with van der Waals surface area (Å²) in [4.78, 5) is 8.42. The number of hydrogen-bond donors (Lipinski definition) is 1. The zero-order valence-electron chi connectivity index (χ0n) is 13.3. The number of benzene rings is 1. The summed E-state index contributed by atoms with van der Waals surface area (Å²) in [5, 5.41) is 0.516. The summed E-state index contributed by atoms with van der Waals surface area (Å²) in [6.07, 6.45) is 4.89. The molecule has 0 radical (unpaired) electrons. The van der Waals surface area contributed by atoms with E-state index >= 15 is 0 Å². The molecule has 0 saturated heterocycles. The molecule has 24 heavy (non-hydrogen) atoms. The largest absolute Gasteiger partial charge is 0.494 e. The molecule has 124 valence electrons. The van der Waals surface area contributed by atoms with E-state index in [4.69, 9.17) is 4.74 Å². The van der Waals surface area contributed by atoms with Gasteiger partial charge in [-0.15, -0.1) is 0 Å². The molecule has 0 saturated carbocycles. The Bertz CT molecular complexity index is 959. The highest BCUT2D eigenvalue weighted by molar-refractivity contribution is 7.89. The Kier molecular flexibility index (Phi) is 4.46. The van der Waals surface area contributed by atoms with Crippen molar-refractivity contribution in [3.8, 4) is 5.75 Å². The Labute approximate surface area is 140 Å². The quantitative estimate of drug-likeness (QED) is 0.770. The van der Waals surface area contributed by atoms with Gasteiger partial charge in [-0.1, -0.05) is 6.07 Å². The minimum atomic E-state index is -3.73.